The van der Waals surface area contributed by atoms with Crippen LogP contribution < -0.4 is 0 Å². The summed E-state index contributed by atoms with van der Waals surface area (Å²) in [5.41, 5.74) is 0. The Hall–Kier alpha value is -0.610. The number of fused-ring (bicyclic) bond motifs is 1. The molecule has 3 fully saturated rings. The Labute approximate surface area is 109 Å². The third-order valence-electron chi connectivity index (χ3n) is 5.17. The lowest BCUT2D eigenvalue weighted by Crippen LogP contribution is -2.45. The van der Waals surface area contributed by atoms with E-state index in [1.807, 2.05) is 11.8 Å². The third kappa shape index (κ3) is 2.05. The number of amides is 1. The van der Waals surface area contributed by atoms with Gasteiger partial charge in [0.2, 0.25) is 5.91 Å². The van der Waals surface area contributed by atoms with Gasteiger partial charge in [-0.2, -0.15) is 0 Å². The van der Waals surface area contributed by atoms with Gasteiger partial charge in [0, 0.05) is 32.1 Å². The molecule has 1 amide bonds. The van der Waals surface area contributed by atoms with Gasteiger partial charge in [0.05, 0.1) is 12.1 Å². The maximum atomic E-state index is 12.4. The molecule has 4 atom stereocenters. The molecule has 0 aromatic carbocycles. The summed E-state index contributed by atoms with van der Waals surface area (Å²) in [4.78, 5) is 16.7. The van der Waals surface area contributed by atoms with E-state index < -0.39 is 0 Å². The largest absolute Gasteiger partial charge is 0.393 e. The predicted octanol–water partition coefficient (Wildman–Crippen LogP) is 0.700. The Morgan fingerprint density at radius 2 is 1.94 bits per heavy atom. The van der Waals surface area contributed by atoms with Gasteiger partial charge in [0.1, 0.15) is 0 Å². The highest BCUT2D eigenvalue weighted by Gasteiger charge is 2.44. The minimum Gasteiger partial charge on any atom is -0.393 e. The van der Waals surface area contributed by atoms with Gasteiger partial charge in [-0.25, -0.2) is 0 Å². The number of nitrogens with zero attached hydrogens (tertiary/aromatic N) is 2. The monoisotopic (exact) mass is 252 g/mol. The highest BCUT2D eigenvalue weighted by Crippen LogP contribution is 2.38. The van der Waals surface area contributed by atoms with Crippen LogP contribution in [0, 0.1) is 11.8 Å². The Kier molecular flexibility index (Phi) is 3.32. The zero-order chi connectivity index (χ0) is 12.7. The van der Waals surface area contributed by atoms with Crippen molar-refractivity contribution in [2.75, 3.05) is 26.2 Å². The molecule has 0 aromatic rings. The smallest absolute Gasteiger partial charge is 0.239 e. The number of likely N-dealkylation sites (tertiary alicyclic amines) is 2. The van der Waals surface area contributed by atoms with E-state index in [1.54, 1.807) is 0 Å². The summed E-state index contributed by atoms with van der Waals surface area (Å²) in [7, 11) is 0. The van der Waals surface area contributed by atoms with Crippen molar-refractivity contribution < 1.29 is 9.90 Å². The quantitative estimate of drug-likeness (QED) is 0.787. The summed E-state index contributed by atoms with van der Waals surface area (Å²) >= 11 is 0. The van der Waals surface area contributed by atoms with Crippen molar-refractivity contribution >= 4 is 5.91 Å². The van der Waals surface area contributed by atoms with E-state index in [1.165, 1.54) is 0 Å². The van der Waals surface area contributed by atoms with E-state index >= 15 is 0 Å². The Morgan fingerprint density at radius 3 is 2.61 bits per heavy atom. The molecule has 0 spiro atoms. The number of carbonyl (C=O) groups excluding carboxylic acids is 1. The van der Waals surface area contributed by atoms with Crippen molar-refractivity contribution in [3.8, 4) is 0 Å². The fraction of sp³-hybridized carbons (Fsp3) is 0.929. The standard InChI is InChI=1S/C14H24N2O2/c1-10(14(18)15-6-2-3-7-15)16-8-11-4-5-13(17)12(11)9-16/h10-13,17H,2-9H2,1H3. The minimum atomic E-state index is -0.130. The van der Waals surface area contributed by atoms with E-state index in [0.717, 1.165) is 51.9 Å². The van der Waals surface area contributed by atoms with Crippen molar-refractivity contribution in [2.24, 2.45) is 11.8 Å². The molecular formula is C14H24N2O2. The predicted molar refractivity (Wildman–Crippen MR) is 69.1 cm³/mol. The molecule has 18 heavy (non-hydrogen) atoms. The minimum absolute atomic E-state index is 0.000833. The lowest BCUT2D eigenvalue weighted by molar-refractivity contribution is -0.135. The lowest BCUT2D eigenvalue weighted by Gasteiger charge is -2.28. The molecular weight excluding hydrogens is 228 g/mol. The van der Waals surface area contributed by atoms with Crippen molar-refractivity contribution in [3.05, 3.63) is 0 Å². The molecule has 3 rings (SSSR count). The maximum absolute atomic E-state index is 12.4. The Balaban J connectivity index is 1.60. The van der Waals surface area contributed by atoms with Crippen molar-refractivity contribution in [1.82, 2.24) is 9.80 Å². The van der Waals surface area contributed by atoms with Crippen molar-refractivity contribution in [2.45, 2.75) is 44.8 Å². The van der Waals surface area contributed by atoms with Gasteiger partial charge in [0.25, 0.3) is 0 Å². The highest BCUT2D eigenvalue weighted by atomic mass is 16.3. The van der Waals surface area contributed by atoms with Crippen LogP contribution in [0.25, 0.3) is 0 Å². The lowest BCUT2D eigenvalue weighted by atomic mass is 10.00. The molecule has 4 nitrogen and oxygen atoms in total. The van der Waals surface area contributed by atoms with E-state index in [-0.39, 0.29) is 12.1 Å². The first-order valence-electron chi connectivity index (χ1n) is 7.37. The van der Waals surface area contributed by atoms with Gasteiger partial charge in [-0.15, -0.1) is 0 Å². The van der Waals surface area contributed by atoms with Crippen molar-refractivity contribution in [1.29, 1.82) is 0 Å². The molecule has 4 heteroatoms. The molecule has 102 valence electrons. The zero-order valence-electron chi connectivity index (χ0n) is 11.2. The second-order valence-corrected chi connectivity index (χ2v) is 6.23. The number of carbonyl (C=O) groups is 1. The van der Waals surface area contributed by atoms with Gasteiger partial charge in [0.15, 0.2) is 0 Å². The van der Waals surface area contributed by atoms with Crippen LogP contribution in [-0.2, 0) is 4.79 Å². The summed E-state index contributed by atoms with van der Waals surface area (Å²) in [6, 6.07) is 0.000833. The molecule has 3 aliphatic rings. The molecule has 1 saturated carbocycles. The first kappa shape index (κ1) is 12.4. The zero-order valence-corrected chi connectivity index (χ0v) is 11.2. The second kappa shape index (κ2) is 4.82. The molecule has 0 bridgehead atoms. The molecule has 1 aliphatic carbocycles. The van der Waals surface area contributed by atoms with Crippen LogP contribution >= 0.6 is 0 Å². The summed E-state index contributed by atoms with van der Waals surface area (Å²) < 4.78 is 0. The van der Waals surface area contributed by atoms with Crippen LogP contribution in [0.5, 0.6) is 0 Å². The van der Waals surface area contributed by atoms with Crippen LogP contribution in [0.1, 0.15) is 32.6 Å². The fourth-order valence-electron chi connectivity index (χ4n) is 3.95. The van der Waals surface area contributed by atoms with Gasteiger partial charge in [-0.1, -0.05) is 0 Å². The summed E-state index contributed by atoms with van der Waals surface area (Å²) in [5.74, 6) is 1.33. The van der Waals surface area contributed by atoms with Gasteiger partial charge in [-0.3, -0.25) is 9.69 Å². The molecule has 4 unspecified atom stereocenters. The average Bonchev–Trinajstić information content (AvgIpc) is 3.06. The molecule has 2 heterocycles. The number of hydrogen-bond donors (Lipinski definition) is 1. The van der Waals surface area contributed by atoms with Crippen molar-refractivity contribution in [3.63, 3.8) is 0 Å². The van der Waals surface area contributed by atoms with Crippen LogP contribution in [0.3, 0.4) is 0 Å². The normalized spacial score (nSPS) is 38.1. The van der Waals surface area contributed by atoms with Crippen LogP contribution in [0.4, 0.5) is 0 Å². The second-order valence-electron chi connectivity index (χ2n) is 6.23. The summed E-state index contributed by atoms with van der Waals surface area (Å²) in [6.07, 6.45) is 4.27. The van der Waals surface area contributed by atoms with E-state index in [4.69, 9.17) is 0 Å². The fourth-order valence-corrected chi connectivity index (χ4v) is 3.95. The highest BCUT2D eigenvalue weighted by molar-refractivity contribution is 5.81. The van der Waals surface area contributed by atoms with Gasteiger partial charge >= 0.3 is 0 Å². The number of hydrogen-bond acceptors (Lipinski definition) is 3. The Morgan fingerprint density at radius 1 is 1.22 bits per heavy atom. The van der Waals surface area contributed by atoms with E-state index in [2.05, 4.69) is 4.90 Å². The van der Waals surface area contributed by atoms with Crippen LogP contribution in [-0.4, -0.2) is 59.1 Å². The topological polar surface area (TPSA) is 43.8 Å². The van der Waals surface area contributed by atoms with E-state index in [0.29, 0.717) is 17.7 Å². The third-order valence-corrected chi connectivity index (χ3v) is 5.17. The molecule has 2 saturated heterocycles. The van der Waals surface area contributed by atoms with Gasteiger partial charge < -0.3 is 10.0 Å². The number of rotatable bonds is 2. The first-order chi connectivity index (χ1) is 8.66. The molecule has 0 aromatic heterocycles. The number of aliphatic hydroxyl groups excluding tert-OH is 1. The number of aliphatic hydroxyl groups is 1. The van der Waals surface area contributed by atoms with Crippen LogP contribution in [0.2, 0.25) is 0 Å². The molecule has 1 N–H and O–H groups in total. The Bertz CT molecular complexity index is 328. The van der Waals surface area contributed by atoms with Gasteiger partial charge in [-0.05, 0) is 38.5 Å². The molecule has 2 aliphatic heterocycles. The molecule has 0 radical (unpaired) electrons. The average molecular weight is 252 g/mol. The summed E-state index contributed by atoms with van der Waals surface area (Å²) in [6.45, 7) is 5.82. The first-order valence-corrected chi connectivity index (χ1v) is 7.37. The summed E-state index contributed by atoms with van der Waals surface area (Å²) in [5, 5.41) is 9.93. The maximum Gasteiger partial charge on any atom is 0.239 e. The SMILES string of the molecule is CC(C(=O)N1CCCC1)N1CC2CCC(O)C2C1. The van der Waals surface area contributed by atoms with Crippen LogP contribution in [0.15, 0.2) is 0 Å². The van der Waals surface area contributed by atoms with E-state index in [9.17, 15) is 9.90 Å².